The molecule has 0 radical (unpaired) electrons. The fraction of sp³-hybridized carbons (Fsp3) is 0.533. The summed E-state index contributed by atoms with van der Waals surface area (Å²) in [5, 5.41) is 9.08. The molecule has 0 bridgehead atoms. The monoisotopic (exact) mass is 292 g/mol. The molecule has 1 aliphatic rings. The van der Waals surface area contributed by atoms with Gasteiger partial charge in [0.05, 0.1) is 24.7 Å². The van der Waals surface area contributed by atoms with Gasteiger partial charge in [0.1, 0.15) is 5.75 Å². The van der Waals surface area contributed by atoms with Gasteiger partial charge < -0.3 is 19.2 Å². The molecule has 0 amide bonds. The van der Waals surface area contributed by atoms with Gasteiger partial charge in [0, 0.05) is 0 Å². The number of rotatable bonds is 4. The normalized spacial score (nSPS) is 19.6. The smallest absolute Gasteiger partial charge is 0.495 e. The lowest BCUT2D eigenvalue weighted by molar-refractivity contribution is -0.136. The predicted molar refractivity (Wildman–Crippen MR) is 80.0 cm³/mol. The van der Waals surface area contributed by atoms with E-state index in [1.54, 1.807) is 25.3 Å². The van der Waals surface area contributed by atoms with Crippen molar-refractivity contribution in [1.29, 1.82) is 0 Å². The van der Waals surface area contributed by atoms with E-state index in [0.717, 1.165) is 5.46 Å². The minimum absolute atomic E-state index is 0.101. The van der Waals surface area contributed by atoms with Gasteiger partial charge in [-0.2, -0.15) is 0 Å². The van der Waals surface area contributed by atoms with Crippen LogP contribution >= 0.6 is 0 Å². The van der Waals surface area contributed by atoms with Gasteiger partial charge in [-0.3, -0.25) is 4.79 Å². The third-order valence-corrected chi connectivity index (χ3v) is 4.20. The number of carboxylic acids is 1. The largest absolute Gasteiger partial charge is 0.497 e. The first kappa shape index (κ1) is 15.9. The quantitative estimate of drug-likeness (QED) is 0.854. The maximum absolute atomic E-state index is 11.1. The molecule has 1 aromatic carbocycles. The van der Waals surface area contributed by atoms with Crippen LogP contribution < -0.4 is 10.2 Å². The molecule has 6 heteroatoms. The molecule has 1 fully saturated rings. The first-order chi connectivity index (χ1) is 9.66. The summed E-state index contributed by atoms with van der Waals surface area (Å²) in [4.78, 5) is 11.1. The molecule has 21 heavy (non-hydrogen) atoms. The second-order valence-corrected chi connectivity index (χ2v) is 6.22. The van der Waals surface area contributed by atoms with Crippen molar-refractivity contribution in [1.82, 2.24) is 0 Å². The van der Waals surface area contributed by atoms with Crippen molar-refractivity contribution >= 4 is 18.6 Å². The van der Waals surface area contributed by atoms with Crippen LogP contribution in [0.1, 0.15) is 33.3 Å². The molecular formula is C15H21BO5. The number of aliphatic carboxylic acids is 1. The molecule has 2 rings (SSSR count). The molecule has 1 heterocycles. The van der Waals surface area contributed by atoms with Crippen LogP contribution in [0.25, 0.3) is 0 Å². The highest BCUT2D eigenvalue weighted by Crippen LogP contribution is 2.36. The van der Waals surface area contributed by atoms with E-state index in [0.29, 0.717) is 11.3 Å². The Morgan fingerprint density at radius 3 is 2.29 bits per heavy atom. The highest BCUT2D eigenvalue weighted by Gasteiger charge is 2.52. The van der Waals surface area contributed by atoms with Crippen LogP contribution in [0.5, 0.6) is 5.75 Å². The van der Waals surface area contributed by atoms with Gasteiger partial charge >= 0.3 is 13.1 Å². The van der Waals surface area contributed by atoms with Crippen LogP contribution in [0.4, 0.5) is 0 Å². The molecule has 1 saturated heterocycles. The summed E-state index contributed by atoms with van der Waals surface area (Å²) in [7, 11) is 0.976. The first-order valence-corrected chi connectivity index (χ1v) is 6.90. The summed E-state index contributed by atoms with van der Waals surface area (Å²) in [6, 6.07) is 5.31. The van der Waals surface area contributed by atoms with Crippen molar-refractivity contribution in [3.63, 3.8) is 0 Å². The Kier molecular flexibility index (Phi) is 4.04. The van der Waals surface area contributed by atoms with Crippen molar-refractivity contribution in [2.45, 2.75) is 45.3 Å². The molecular weight excluding hydrogens is 271 g/mol. The molecule has 5 nitrogen and oxygen atoms in total. The van der Waals surface area contributed by atoms with Gasteiger partial charge in [0.25, 0.3) is 0 Å². The molecule has 114 valence electrons. The Morgan fingerprint density at radius 2 is 1.81 bits per heavy atom. The van der Waals surface area contributed by atoms with Gasteiger partial charge in [0.2, 0.25) is 0 Å². The molecule has 0 saturated carbocycles. The van der Waals surface area contributed by atoms with Crippen molar-refractivity contribution in [2.75, 3.05) is 7.11 Å². The maximum Gasteiger partial charge on any atom is 0.495 e. The standard InChI is InChI=1S/C15H21BO5/c1-14(2)15(3,4)21-16(20-14)12-7-6-11(19-5)8-10(12)9-13(17)18/h6-8H,9H2,1-5H3,(H,17,18). The van der Waals surface area contributed by atoms with E-state index < -0.39 is 24.3 Å². The summed E-state index contributed by atoms with van der Waals surface area (Å²) in [5.74, 6) is -0.285. The molecule has 0 atom stereocenters. The second-order valence-electron chi connectivity index (χ2n) is 6.22. The number of hydrogen-bond acceptors (Lipinski definition) is 4. The van der Waals surface area contributed by atoms with Crippen LogP contribution in [0.3, 0.4) is 0 Å². The topological polar surface area (TPSA) is 65.0 Å². The number of carboxylic acid groups (broad SMARTS) is 1. The lowest BCUT2D eigenvalue weighted by Gasteiger charge is -2.32. The Labute approximate surface area is 125 Å². The summed E-state index contributed by atoms with van der Waals surface area (Å²) < 4.78 is 17.1. The fourth-order valence-corrected chi connectivity index (χ4v) is 2.23. The molecule has 1 aromatic rings. The fourth-order valence-electron chi connectivity index (χ4n) is 2.23. The van der Waals surface area contributed by atoms with E-state index >= 15 is 0 Å². The average molecular weight is 292 g/mol. The third-order valence-electron chi connectivity index (χ3n) is 4.20. The molecule has 1 aliphatic heterocycles. The Bertz CT molecular complexity index is 537. The summed E-state index contributed by atoms with van der Waals surface area (Å²) in [5.41, 5.74) is 0.452. The van der Waals surface area contributed by atoms with E-state index in [1.807, 2.05) is 27.7 Å². The lowest BCUT2D eigenvalue weighted by atomic mass is 9.75. The zero-order chi connectivity index (χ0) is 15.8. The third kappa shape index (κ3) is 3.06. The van der Waals surface area contributed by atoms with Gasteiger partial charge in [-0.05, 0) is 50.9 Å². The van der Waals surface area contributed by atoms with Gasteiger partial charge in [-0.15, -0.1) is 0 Å². The second kappa shape index (κ2) is 5.35. The molecule has 0 unspecified atom stereocenters. The van der Waals surface area contributed by atoms with Crippen molar-refractivity contribution in [2.24, 2.45) is 0 Å². The van der Waals surface area contributed by atoms with Gasteiger partial charge in [0.15, 0.2) is 0 Å². The molecule has 0 aromatic heterocycles. The van der Waals surface area contributed by atoms with Crippen molar-refractivity contribution < 1.29 is 23.9 Å². The van der Waals surface area contributed by atoms with Crippen LogP contribution in [0.15, 0.2) is 18.2 Å². The van der Waals surface area contributed by atoms with Crippen LogP contribution in [-0.4, -0.2) is 36.5 Å². The number of benzene rings is 1. The number of carbonyl (C=O) groups is 1. The van der Waals surface area contributed by atoms with E-state index in [9.17, 15) is 4.79 Å². The highest BCUT2D eigenvalue weighted by molar-refractivity contribution is 6.62. The van der Waals surface area contributed by atoms with Crippen molar-refractivity contribution in [3.8, 4) is 5.75 Å². The van der Waals surface area contributed by atoms with E-state index in [4.69, 9.17) is 19.2 Å². The Hall–Kier alpha value is -1.53. The van der Waals surface area contributed by atoms with Gasteiger partial charge in [-0.1, -0.05) is 6.07 Å². The van der Waals surface area contributed by atoms with E-state index in [2.05, 4.69) is 0 Å². The van der Waals surface area contributed by atoms with Crippen LogP contribution in [0.2, 0.25) is 0 Å². The number of ether oxygens (including phenoxy) is 1. The van der Waals surface area contributed by atoms with Gasteiger partial charge in [-0.25, -0.2) is 0 Å². The molecule has 1 N–H and O–H groups in total. The minimum Gasteiger partial charge on any atom is -0.497 e. The highest BCUT2D eigenvalue weighted by atomic mass is 16.7. The SMILES string of the molecule is COc1ccc(B2OC(C)(C)C(C)(C)O2)c(CC(=O)O)c1. The Balaban J connectivity index is 2.38. The number of methoxy groups -OCH3 is 1. The lowest BCUT2D eigenvalue weighted by Crippen LogP contribution is -2.41. The van der Waals surface area contributed by atoms with Crippen LogP contribution in [0, 0.1) is 0 Å². The molecule has 0 aliphatic carbocycles. The average Bonchev–Trinajstić information content (AvgIpc) is 2.57. The summed E-state index contributed by atoms with van der Waals surface area (Å²) >= 11 is 0. The minimum atomic E-state index is -0.902. The van der Waals surface area contributed by atoms with Crippen molar-refractivity contribution in [3.05, 3.63) is 23.8 Å². The zero-order valence-electron chi connectivity index (χ0n) is 13.1. The zero-order valence-corrected chi connectivity index (χ0v) is 13.1. The summed E-state index contributed by atoms with van der Waals surface area (Å²) in [6.07, 6.45) is -0.101. The van der Waals surface area contributed by atoms with E-state index in [-0.39, 0.29) is 6.42 Å². The number of hydrogen-bond donors (Lipinski definition) is 1. The molecule has 0 spiro atoms. The van der Waals surface area contributed by atoms with E-state index in [1.165, 1.54) is 0 Å². The summed E-state index contributed by atoms with van der Waals surface area (Å²) in [6.45, 7) is 7.86. The van der Waals surface area contributed by atoms with Crippen LogP contribution in [-0.2, 0) is 20.5 Å². The maximum atomic E-state index is 11.1. The Morgan fingerprint density at radius 1 is 1.24 bits per heavy atom. The predicted octanol–water partition coefficient (Wildman–Crippen LogP) is 1.62. The first-order valence-electron chi connectivity index (χ1n) is 6.90.